The van der Waals surface area contributed by atoms with Crippen molar-refractivity contribution in [3.63, 3.8) is 0 Å². The summed E-state index contributed by atoms with van der Waals surface area (Å²) in [7, 11) is 2.90. The van der Waals surface area contributed by atoms with Gasteiger partial charge in [-0.1, -0.05) is 12.1 Å². The number of nitrogens with one attached hydrogen (secondary N) is 2. The number of carbonyl (C=O) groups is 3. The maximum atomic E-state index is 12.6. The molecular weight excluding hydrogens is 312 g/mol. The van der Waals surface area contributed by atoms with Crippen LogP contribution in [0.25, 0.3) is 0 Å². The molecule has 0 aliphatic carbocycles. The molecule has 3 rings (SSSR count). The highest BCUT2D eigenvalue weighted by Crippen LogP contribution is 2.32. The Balaban J connectivity index is 1.98. The van der Waals surface area contributed by atoms with Gasteiger partial charge in [-0.05, 0) is 24.3 Å². The van der Waals surface area contributed by atoms with Crippen molar-refractivity contribution in [2.45, 2.75) is 0 Å². The Hall–Kier alpha value is -3.35. The summed E-state index contributed by atoms with van der Waals surface area (Å²) in [6, 6.07) is 9.57. The fraction of sp³-hybridized carbons (Fsp3) is 0.118. The number of anilines is 1. The van der Waals surface area contributed by atoms with Gasteiger partial charge >= 0.3 is 0 Å². The quantitative estimate of drug-likeness (QED) is 0.836. The molecule has 24 heavy (non-hydrogen) atoms. The van der Waals surface area contributed by atoms with Gasteiger partial charge in [0.15, 0.2) is 11.5 Å². The van der Waals surface area contributed by atoms with Gasteiger partial charge in [-0.2, -0.15) is 0 Å². The van der Waals surface area contributed by atoms with E-state index in [1.54, 1.807) is 30.3 Å². The smallest absolute Gasteiger partial charge is 0.261 e. The topological polar surface area (TPSA) is 93.7 Å². The van der Waals surface area contributed by atoms with E-state index in [9.17, 15) is 14.4 Å². The first-order chi connectivity index (χ1) is 11.6. The number of hydrogen-bond donors (Lipinski definition) is 2. The van der Waals surface area contributed by atoms with Crippen LogP contribution in [-0.2, 0) is 0 Å². The summed E-state index contributed by atoms with van der Waals surface area (Å²) in [6.07, 6.45) is 0. The maximum absolute atomic E-state index is 12.6. The molecule has 0 unspecified atom stereocenters. The Labute approximate surface area is 137 Å². The summed E-state index contributed by atoms with van der Waals surface area (Å²) in [6.45, 7) is 0. The molecular formula is C17H14N2O5. The molecule has 2 aromatic carbocycles. The number of methoxy groups -OCH3 is 2. The number of fused-ring (bicyclic) bond motifs is 1. The highest BCUT2D eigenvalue weighted by Gasteiger charge is 2.30. The Kier molecular flexibility index (Phi) is 3.91. The second kappa shape index (κ2) is 6.04. The van der Waals surface area contributed by atoms with E-state index in [-0.39, 0.29) is 28.1 Å². The summed E-state index contributed by atoms with van der Waals surface area (Å²) < 4.78 is 10.4. The predicted octanol–water partition coefficient (Wildman–Crippen LogP) is 1.84. The van der Waals surface area contributed by atoms with Crippen molar-refractivity contribution >= 4 is 23.4 Å². The Morgan fingerprint density at radius 3 is 2.46 bits per heavy atom. The average molecular weight is 326 g/mol. The van der Waals surface area contributed by atoms with Crippen LogP contribution in [0.4, 0.5) is 5.69 Å². The van der Waals surface area contributed by atoms with E-state index < -0.39 is 17.7 Å². The molecule has 2 aromatic rings. The number of rotatable bonds is 4. The van der Waals surface area contributed by atoms with Gasteiger partial charge in [-0.25, -0.2) is 0 Å². The van der Waals surface area contributed by atoms with Crippen LogP contribution in [0.3, 0.4) is 0 Å². The standard InChI is InChI=1S/C17H14N2O5/c1-23-12-8-4-6-10(14(12)24-2)16(21)18-11-7-3-5-9-13(11)17(22)19-15(9)20/h3-8H,1-2H3,(H,18,21)(H,19,20,22). The number of hydrogen-bond acceptors (Lipinski definition) is 5. The number of ether oxygens (including phenoxy) is 2. The van der Waals surface area contributed by atoms with E-state index in [1.807, 2.05) is 0 Å². The van der Waals surface area contributed by atoms with Gasteiger partial charge in [-0.3, -0.25) is 19.7 Å². The minimum atomic E-state index is -0.538. The summed E-state index contributed by atoms with van der Waals surface area (Å²) in [5.74, 6) is -0.804. The van der Waals surface area contributed by atoms with E-state index in [1.165, 1.54) is 20.3 Å². The molecule has 1 aliphatic heterocycles. The molecule has 7 heteroatoms. The summed E-state index contributed by atoms with van der Waals surface area (Å²) in [5.41, 5.74) is 0.887. The second-order valence-corrected chi connectivity index (χ2v) is 5.01. The maximum Gasteiger partial charge on any atom is 0.261 e. The molecule has 1 aliphatic rings. The first kappa shape index (κ1) is 15.5. The van der Waals surface area contributed by atoms with Gasteiger partial charge in [0.05, 0.1) is 36.6 Å². The molecule has 1 heterocycles. The summed E-state index contributed by atoms with van der Waals surface area (Å²) in [4.78, 5) is 36.2. The van der Waals surface area contributed by atoms with Crippen molar-refractivity contribution in [3.05, 3.63) is 53.1 Å². The van der Waals surface area contributed by atoms with E-state index in [4.69, 9.17) is 9.47 Å². The van der Waals surface area contributed by atoms with Gasteiger partial charge in [0.25, 0.3) is 17.7 Å². The number of amides is 3. The first-order valence-corrected chi connectivity index (χ1v) is 7.08. The lowest BCUT2D eigenvalue weighted by Crippen LogP contribution is -2.21. The molecule has 0 fully saturated rings. The minimum Gasteiger partial charge on any atom is -0.493 e. The Morgan fingerprint density at radius 2 is 1.75 bits per heavy atom. The van der Waals surface area contributed by atoms with Gasteiger partial charge in [-0.15, -0.1) is 0 Å². The van der Waals surface area contributed by atoms with E-state index >= 15 is 0 Å². The van der Waals surface area contributed by atoms with E-state index in [2.05, 4.69) is 10.6 Å². The molecule has 122 valence electrons. The highest BCUT2D eigenvalue weighted by atomic mass is 16.5. The normalized spacial score (nSPS) is 12.4. The number of benzene rings is 2. The minimum absolute atomic E-state index is 0.151. The van der Waals surface area contributed by atoms with Crippen molar-refractivity contribution in [2.75, 3.05) is 19.5 Å². The molecule has 0 spiro atoms. The summed E-state index contributed by atoms with van der Waals surface area (Å²) in [5, 5.41) is 4.85. The van der Waals surface area contributed by atoms with Crippen molar-refractivity contribution in [1.82, 2.24) is 5.32 Å². The Bertz CT molecular complexity index is 860. The molecule has 0 atom stereocenters. The molecule has 0 bridgehead atoms. The van der Waals surface area contributed by atoms with Crippen molar-refractivity contribution < 1.29 is 23.9 Å². The van der Waals surface area contributed by atoms with E-state index in [0.29, 0.717) is 5.75 Å². The van der Waals surface area contributed by atoms with Crippen LogP contribution in [0, 0.1) is 0 Å². The molecule has 0 saturated carbocycles. The first-order valence-electron chi connectivity index (χ1n) is 7.08. The second-order valence-electron chi connectivity index (χ2n) is 5.01. The van der Waals surface area contributed by atoms with Crippen molar-refractivity contribution in [3.8, 4) is 11.5 Å². The SMILES string of the molecule is COc1cccc(C(=O)Nc2cccc3c2C(=O)NC3=O)c1OC. The van der Waals surface area contributed by atoms with Crippen LogP contribution < -0.4 is 20.1 Å². The highest BCUT2D eigenvalue weighted by molar-refractivity contribution is 6.25. The van der Waals surface area contributed by atoms with Crippen LogP contribution in [0.15, 0.2) is 36.4 Å². The molecule has 0 saturated heterocycles. The van der Waals surface area contributed by atoms with Gasteiger partial charge < -0.3 is 14.8 Å². The predicted molar refractivity (Wildman–Crippen MR) is 85.7 cm³/mol. The largest absolute Gasteiger partial charge is 0.493 e. The molecule has 0 radical (unpaired) electrons. The molecule has 3 amide bonds. The fourth-order valence-electron chi connectivity index (χ4n) is 2.58. The molecule has 7 nitrogen and oxygen atoms in total. The zero-order valence-corrected chi connectivity index (χ0v) is 13.0. The van der Waals surface area contributed by atoms with Crippen LogP contribution in [0.2, 0.25) is 0 Å². The lowest BCUT2D eigenvalue weighted by atomic mass is 10.1. The zero-order chi connectivity index (χ0) is 17.3. The lowest BCUT2D eigenvalue weighted by molar-refractivity contribution is 0.0879. The van der Waals surface area contributed by atoms with E-state index in [0.717, 1.165) is 0 Å². The third kappa shape index (κ3) is 2.45. The zero-order valence-electron chi connectivity index (χ0n) is 13.0. The average Bonchev–Trinajstić information content (AvgIpc) is 2.89. The Morgan fingerprint density at radius 1 is 1.00 bits per heavy atom. The molecule has 0 aromatic heterocycles. The van der Waals surface area contributed by atoms with Crippen LogP contribution in [0.1, 0.15) is 31.1 Å². The van der Waals surface area contributed by atoms with Gasteiger partial charge in [0, 0.05) is 0 Å². The third-order valence-electron chi connectivity index (χ3n) is 3.66. The lowest BCUT2D eigenvalue weighted by Gasteiger charge is -2.13. The molecule has 2 N–H and O–H groups in total. The monoisotopic (exact) mass is 326 g/mol. The fourth-order valence-corrected chi connectivity index (χ4v) is 2.58. The number of imide groups is 1. The number of para-hydroxylation sites is 1. The summed E-state index contributed by atoms with van der Waals surface area (Å²) >= 11 is 0. The van der Waals surface area contributed by atoms with Crippen molar-refractivity contribution in [1.29, 1.82) is 0 Å². The van der Waals surface area contributed by atoms with Crippen molar-refractivity contribution in [2.24, 2.45) is 0 Å². The number of carbonyl (C=O) groups excluding carboxylic acids is 3. The van der Waals surface area contributed by atoms with Gasteiger partial charge in [0.2, 0.25) is 0 Å². The van der Waals surface area contributed by atoms with Crippen LogP contribution in [-0.4, -0.2) is 31.9 Å². The van der Waals surface area contributed by atoms with Crippen LogP contribution in [0.5, 0.6) is 11.5 Å². The van der Waals surface area contributed by atoms with Crippen LogP contribution >= 0.6 is 0 Å². The third-order valence-corrected chi connectivity index (χ3v) is 3.66. The van der Waals surface area contributed by atoms with Gasteiger partial charge in [0.1, 0.15) is 0 Å².